The predicted octanol–water partition coefficient (Wildman–Crippen LogP) is 5.21. The van der Waals surface area contributed by atoms with Crippen LogP contribution in [0, 0.1) is 21.4 Å². The minimum Gasteiger partial charge on any atom is -0.494 e. The molecule has 0 saturated heterocycles. The zero-order valence-electron chi connectivity index (χ0n) is 17.6. The highest BCUT2D eigenvalue weighted by molar-refractivity contribution is 6.22. The van der Waals surface area contributed by atoms with Crippen LogP contribution < -0.4 is 0 Å². The van der Waals surface area contributed by atoms with E-state index in [0.717, 1.165) is 11.3 Å². The molecule has 0 aliphatic carbocycles. The number of rotatable bonds is 5. The van der Waals surface area contributed by atoms with E-state index in [1.165, 1.54) is 12.1 Å². The van der Waals surface area contributed by atoms with Crippen molar-refractivity contribution in [3.63, 3.8) is 0 Å². The van der Waals surface area contributed by atoms with Crippen molar-refractivity contribution in [2.45, 2.75) is 0 Å². The van der Waals surface area contributed by atoms with Crippen LogP contribution in [-0.2, 0) is 0 Å². The van der Waals surface area contributed by atoms with E-state index >= 15 is 0 Å². The van der Waals surface area contributed by atoms with E-state index in [4.69, 9.17) is 4.99 Å². The Hall–Kier alpha value is -5.23. The van der Waals surface area contributed by atoms with Crippen molar-refractivity contribution in [2.24, 2.45) is 4.99 Å². The van der Waals surface area contributed by atoms with Crippen molar-refractivity contribution in [1.82, 2.24) is 15.0 Å². The summed E-state index contributed by atoms with van der Waals surface area (Å²) >= 11 is 0. The van der Waals surface area contributed by atoms with Crippen molar-refractivity contribution in [1.29, 1.82) is 5.26 Å². The number of aromatic hydroxyl groups is 1. The highest BCUT2D eigenvalue weighted by Gasteiger charge is 2.21. The van der Waals surface area contributed by atoms with E-state index in [2.05, 4.69) is 21.0 Å². The first-order valence-electron chi connectivity index (χ1n) is 10.2. The molecule has 0 bridgehead atoms. The smallest absolute Gasteiger partial charge is 0.270 e. The summed E-state index contributed by atoms with van der Waals surface area (Å²) in [6.07, 6.45) is 3.31. The van der Waals surface area contributed by atoms with Gasteiger partial charge in [-0.1, -0.05) is 24.3 Å². The van der Waals surface area contributed by atoms with Crippen molar-refractivity contribution in [3.05, 3.63) is 106 Å². The molecule has 9 heteroatoms. The first-order valence-corrected chi connectivity index (χ1v) is 10.2. The molecular formula is C25H16N6O3. The Morgan fingerprint density at radius 2 is 1.94 bits per heavy atom. The first kappa shape index (κ1) is 20.7. The topological polar surface area (TPSA) is 144 Å². The fraction of sp³-hybridized carbons (Fsp3) is 0. The van der Waals surface area contributed by atoms with Crippen LogP contribution in [0.15, 0.2) is 84.2 Å². The fourth-order valence-corrected chi connectivity index (χ4v) is 3.78. The van der Waals surface area contributed by atoms with Gasteiger partial charge in [0.2, 0.25) is 0 Å². The molecule has 2 heterocycles. The van der Waals surface area contributed by atoms with Gasteiger partial charge in [0.15, 0.2) is 5.88 Å². The third kappa shape index (κ3) is 3.76. The average molecular weight is 448 g/mol. The average Bonchev–Trinajstić information content (AvgIpc) is 3.50. The summed E-state index contributed by atoms with van der Waals surface area (Å²) in [5.74, 6) is -0.175. The molecule has 34 heavy (non-hydrogen) atoms. The molecule has 5 aromatic rings. The van der Waals surface area contributed by atoms with Crippen LogP contribution in [0.5, 0.6) is 5.88 Å². The second-order valence-electron chi connectivity index (χ2n) is 7.50. The van der Waals surface area contributed by atoms with Crippen LogP contribution in [0.2, 0.25) is 0 Å². The van der Waals surface area contributed by atoms with Crippen LogP contribution in [-0.4, -0.2) is 30.7 Å². The Labute approximate surface area is 192 Å². The number of hydrogen-bond acceptors (Lipinski definition) is 6. The second kappa shape index (κ2) is 8.37. The van der Waals surface area contributed by atoms with Gasteiger partial charge in [0.05, 0.1) is 51.7 Å². The number of aromatic amines is 2. The minimum atomic E-state index is -0.492. The maximum Gasteiger partial charge on any atom is 0.270 e. The van der Waals surface area contributed by atoms with Gasteiger partial charge in [-0.15, -0.1) is 0 Å². The molecule has 0 atom stereocenters. The Kier molecular flexibility index (Phi) is 5.08. The van der Waals surface area contributed by atoms with Crippen LogP contribution in [0.3, 0.4) is 0 Å². The normalized spacial score (nSPS) is 11.4. The molecule has 0 unspecified atom stereocenters. The van der Waals surface area contributed by atoms with Gasteiger partial charge in [-0.25, -0.2) is 9.98 Å². The monoisotopic (exact) mass is 448 g/mol. The molecule has 5 rings (SSSR count). The van der Waals surface area contributed by atoms with Crippen LogP contribution in [0.1, 0.15) is 16.7 Å². The number of nitrogens with zero attached hydrogens (tertiary/aromatic N) is 4. The van der Waals surface area contributed by atoms with Crippen molar-refractivity contribution >= 4 is 28.0 Å². The Morgan fingerprint density at radius 3 is 2.65 bits per heavy atom. The van der Waals surface area contributed by atoms with Gasteiger partial charge in [-0.05, 0) is 35.9 Å². The van der Waals surface area contributed by atoms with E-state index in [0.29, 0.717) is 39.0 Å². The summed E-state index contributed by atoms with van der Waals surface area (Å²) < 4.78 is 0. The molecular weight excluding hydrogens is 432 g/mol. The number of nitrogens with one attached hydrogen (secondary N) is 2. The molecule has 0 fully saturated rings. The highest BCUT2D eigenvalue weighted by Crippen LogP contribution is 2.34. The van der Waals surface area contributed by atoms with Gasteiger partial charge in [-0.2, -0.15) is 5.26 Å². The van der Waals surface area contributed by atoms with Gasteiger partial charge < -0.3 is 15.1 Å². The van der Waals surface area contributed by atoms with E-state index in [-0.39, 0.29) is 11.6 Å². The number of aliphatic imine (C=N–C) groups is 1. The van der Waals surface area contributed by atoms with Gasteiger partial charge in [-0.3, -0.25) is 10.1 Å². The highest BCUT2D eigenvalue weighted by atomic mass is 16.6. The summed E-state index contributed by atoms with van der Waals surface area (Å²) in [5.41, 5.74) is 4.49. The third-order valence-electron chi connectivity index (χ3n) is 5.39. The first-order chi connectivity index (χ1) is 16.5. The number of fused-ring (bicyclic) bond motifs is 1. The van der Waals surface area contributed by atoms with Gasteiger partial charge >= 0.3 is 0 Å². The molecule has 0 amide bonds. The van der Waals surface area contributed by atoms with Crippen LogP contribution in [0.4, 0.5) is 11.4 Å². The predicted molar refractivity (Wildman–Crippen MR) is 127 cm³/mol. The number of aromatic nitrogens is 3. The molecule has 0 radical (unpaired) electrons. The number of nitriles is 1. The Morgan fingerprint density at radius 1 is 1.12 bits per heavy atom. The molecule has 9 nitrogen and oxygen atoms in total. The molecule has 0 spiro atoms. The molecule has 3 aromatic carbocycles. The maximum atomic E-state index is 11.4. The summed E-state index contributed by atoms with van der Waals surface area (Å²) in [6.45, 7) is 0. The van der Waals surface area contributed by atoms with Crippen molar-refractivity contribution in [3.8, 4) is 23.2 Å². The number of hydrogen-bond donors (Lipinski definition) is 3. The summed E-state index contributed by atoms with van der Waals surface area (Å²) in [6, 6.07) is 20.6. The van der Waals surface area contributed by atoms with E-state index in [1.807, 2.05) is 24.3 Å². The maximum absolute atomic E-state index is 11.4. The molecule has 0 aliphatic heterocycles. The second-order valence-corrected chi connectivity index (χ2v) is 7.50. The van der Waals surface area contributed by atoms with E-state index in [9.17, 15) is 20.5 Å². The SMILES string of the molecule is N#Cc1cccc(C(=Nc2ccc(-c3cnc[nH]3)cc2)c2c(O)[nH]c3ccc([N+](=O)[O-])cc23)c1. The quantitative estimate of drug-likeness (QED) is 0.192. The molecule has 164 valence electrons. The molecule has 0 aliphatic rings. The third-order valence-corrected chi connectivity index (χ3v) is 5.39. The summed E-state index contributed by atoms with van der Waals surface area (Å²) in [5, 5.41) is 32.0. The Bertz CT molecular complexity index is 1590. The summed E-state index contributed by atoms with van der Waals surface area (Å²) in [4.78, 5) is 25.6. The van der Waals surface area contributed by atoms with Crippen molar-refractivity contribution in [2.75, 3.05) is 0 Å². The number of nitro benzene ring substituents is 1. The van der Waals surface area contributed by atoms with Crippen LogP contribution in [0.25, 0.3) is 22.2 Å². The van der Waals surface area contributed by atoms with E-state index in [1.54, 1.807) is 42.9 Å². The van der Waals surface area contributed by atoms with Gasteiger partial charge in [0.1, 0.15) is 0 Å². The van der Waals surface area contributed by atoms with Gasteiger partial charge in [0, 0.05) is 28.6 Å². The zero-order chi connectivity index (χ0) is 23.7. The standard InChI is InChI=1S/C25H16N6O3/c26-12-15-2-1-3-17(10-15)24(29-18-6-4-16(5-7-18)22-13-27-14-28-22)23-20-11-19(31(33)34)8-9-21(20)30-25(23)32/h1-11,13-14,30,32H,(H,27,28). The number of H-pyrrole nitrogens is 2. The van der Waals surface area contributed by atoms with Crippen molar-refractivity contribution < 1.29 is 10.0 Å². The largest absolute Gasteiger partial charge is 0.494 e. The lowest BCUT2D eigenvalue weighted by Gasteiger charge is -2.09. The number of imidazole rings is 1. The number of non-ortho nitro benzene ring substituents is 1. The minimum absolute atomic E-state index is 0.109. The number of nitro groups is 1. The zero-order valence-corrected chi connectivity index (χ0v) is 17.6. The Balaban J connectivity index is 1.71. The van der Waals surface area contributed by atoms with E-state index < -0.39 is 4.92 Å². The molecule has 2 aromatic heterocycles. The van der Waals surface area contributed by atoms with Crippen LogP contribution >= 0.6 is 0 Å². The lowest BCUT2D eigenvalue weighted by Crippen LogP contribution is -2.03. The lowest BCUT2D eigenvalue weighted by molar-refractivity contribution is -0.384. The fourth-order valence-electron chi connectivity index (χ4n) is 3.78. The molecule has 3 N–H and O–H groups in total. The van der Waals surface area contributed by atoms with Gasteiger partial charge in [0.25, 0.3) is 5.69 Å². The summed E-state index contributed by atoms with van der Waals surface area (Å²) in [7, 11) is 0. The number of benzene rings is 3. The molecule has 0 saturated carbocycles. The lowest BCUT2D eigenvalue weighted by atomic mass is 9.99.